The number of likely N-dealkylation sites (tertiary alicyclic amines) is 1. The summed E-state index contributed by atoms with van der Waals surface area (Å²) in [7, 11) is 2.00. The molecule has 5 atom stereocenters. The number of aliphatic hydroxyl groups excluding tert-OH is 1. The molecule has 2 aliphatic heterocycles. The molecule has 2 heterocycles. The first-order chi connectivity index (χ1) is 17.1. The van der Waals surface area contributed by atoms with Crippen LogP contribution < -0.4 is 4.74 Å². The minimum Gasteiger partial charge on any atom is -0.481 e. The SMILES string of the molecule is Cc1ccc(CO)c2c1[C@]13CCN(C)[C@H](C)[C@]1(O)CC=C(OC(=O)[C@H](C)OC(=O)C1CCCC1)[C@@H]3O2. The molecule has 36 heavy (non-hydrogen) atoms. The fourth-order valence-corrected chi connectivity index (χ4v) is 6.88. The number of fused-ring (bicyclic) bond motifs is 1. The summed E-state index contributed by atoms with van der Waals surface area (Å²) in [6.07, 6.45) is 4.40. The maximum atomic E-state index is 13.1. The van der Waals surface area contributed by atoms with E-state index in [0.29, 0.717) is 23.5 Å². The minimum atomic E-state index is -1.18. The first-order valence-electron chi connectivity index (χ1n) is 13.1. The molecule has 196 valence electrons. The van der Waals surface area contributed by atoms with Gasteiger partial charge < -0.3 is 29.3 Å². The van der Waals surface area contributed by atoms with Gasteiger partial charge in [-0.15, -0.1) is 0 Å². The summed E-state index contributed by atoms with van der Waals surface area (Å²) < 4.78 is 17.8. The zero-order chi connectivity index (χ0) is 25.8. The lowest BCUT2D eigenvalue weighted by Gasteiger charge is -2.58. The van der Waals surface area contributed by atoms with E-state index in [4.69, 9.17) is 14.2 Å². The van der Waals surface area contributed by atoms with Crippen LogP contribution in [0.2, 0.25) is 0 Å². The zero-order valence-corrected chi connectivity index (χ0v) is 21.6. The van der Waals surface area contributed by atoms with Crippen molar-refractivity contribution in [1.29, 1.82) is 0 Å². The van der Waals surface area contributed by atoms with Crippen LogP contribution in [0.15, 0.2) is 24.0 Å². The molecule has 4 aliphatic rings. The molecule has 1 saturated heterocycles. The van der Waals surface area contributed by atoms with Gasteiger partial charge in [0.05, 0.1) is 23.5 Å². The Kier molecular flexibility index (Phi) is 6.42. The van der Waals surface area contributed by atoms with Crippen LogP contribution in [0.4, 0.5) is 0 Å². The molecule has 0 aromatic heterocycles. The van der Waals surface area contributed by atoms with Crippen LogP contribution in [0, 0.1) is 12.8 Å². The molecule has 1 aromatic carbocycles. The molecule has 2 aliphatic carbocycles. The average Bonchev–Trinajstić information content (AvgIpc) is 3.51. The Bertz CT molecular complexity index is 1090. The van der Waals surface area contributed by atoms with Crippen molar-refractivity contribution in [3.63, 3.8) is 0 Å². The Morgan fingerprint density at radius 1 is 1.28 bits per heavy atom. The summed E-state index contributed by atoms with van der Waals surface area (Å²) in [5.74, 6) is -0.280. The molecule has 0 unspecified atom stereocenters. The molecule has 2 fully saturated rings. The number of esters is 2. The zero-order valence-electron chi connectivity index (χ0n) is 21.6. The van der Waals surface area contributed by atoms with Gasteiger partial charge in [-0.3, -0.25) is 4.79 Å². The second-order valence-corrected chi connectivity index (χ2v) is 11.0. The number of likely N-dealkylation sites (N-methyl/N-ethyl adjacent to an activating group) is 1. The summed E-state index contributed by atoms with van der Waals surface area (Å²) in [5, 5.41) is 22.3. The highest BCUT2D eigenvalue weighted by molar-refractivity contribution is 5.81. The number of piperidine rings is 1. The van der Waals surface area contributed by atoms with Crippen molar-refractivity contribution < 1.29 is 34.0 Å². The first-order valence-corrected chi connectivity index (χ1v) is 13.1. The van der Waals surface area contributed by atoms with Crippen LogP contribution in [0.5, 0.6) is 5.75 Å². The van der Waals surface area contributed by atoms with Gasteiger partial charge >= 0.3 is 11.9 Å². The predicted molar refractivity (Wildman–Crippen MR) is 131 cm³/mol. The standard InChI is InChI=1S/C28H37NO7/c1-16-9-10-20(15-30)23-22(16)27-13-14-29(4)18(3)28(27,33)12-11-21(24(27)36-23)35-25(31)17(2)34-26(32)19-7-5-6-8-19/h9-11,17-19,24,30,33H,5-8,12-15H2,1-4H3/t17-,18+,24-,27-,28+/m0/s1. The highest BCUT2D eigenvalue weighted by Gasteiger charge is 2.69. The summed E-state index contributed by atoms with van der Waals surface area (Å²) in [4.78, 5) is 27.7. The van der Waals surface area contributed by atoms with Crippen LogP contribution >= 0.6 is 0 Å². The van der Waals surface area contributed by atoms with Crippen LogP contribution in [-0.4, -0.2) is 64.5 Å². The third-order valence-electron chi connectivity index (χ3n) is 9.14. The smallest absolute Gasteiger partial charge is 0.352 e. The normalized spacial score (nSPS) is 32.6. The molecule has 0 radical (unpaired) electrons. The van der Waals surface area contributed by atoms with Crippen molar-refractivity contribution in [3.8, 4) is 5.75 Å². The van der Waals surface area contributed by atoms with Crippen molar-refractivity contribution in [2.45, 2.75) is 95.2 Å². The number of benzene rings is 1. The Morgan fingerprint density at radius 3 is 2.69 bits per heavy atom. The van der Waals surface area contributed by atoms with E-state index in [9.17, 15) is 19.8 Å². The predicted octanol–water partition coefficient (Wildman–Crippen LogP) is 2.89. The fraction of sp³-hybridized carbons (Fsp3) is 0.643. The average molecular weight is 500 g/mol. The molecule has 1 saturated carbocycles. The van der Waals surface area contributed by atoms with Gasteiger partial charge in [-0.1, -0.05) is 25.0 Å². The van der Waals surface area contributed by atoms with Crippen LogP contribution in [0.25, 0.3) is 0 Å². The van der Waals surface area contributed by atoms with Gasteiger partial charge in [-0.25, -0.2) is 4.79 Å². The number of ether oxygens (including phenoxy) is 3. The number of hydrogen-bond acceptors (Lipinski definition) is 8. The number of nitrogens with zero attached hydrogens (tertiary/aromatic N) is 1. The number of carbonyl (C=O) groups is 2. The molecule has 5 rings (SSSR count). The largest absolute Gasteiger partial charge is 0.481 e. The van der Waals surface area contributed by atoms with Gasteiger partial charge in [0.25, 0.3) is 0 Å². The lowest BCUT2D eigenvalue weighted by molar-refractivity contribution is -0.173. The number of rotatable bonds is 5. The number of hydrogen-bond donors (Lipinski definition) is 2. The quantitative estimate of drug-likeness (QED) is 0.596. The minimum absolute atomic E-state index is 0.152. The van der Waals surface area contributed by atoms with Gasteiger partial charge in [0, 0.05) is 23.6 Å². The van der Waals surface area contributed by atoms with E-state index in [1.807, 2.05) is 33.0 Å². The summed E-state index contributed by atoms with van der Waals surface area (Å²) >= 11 is 0. The molecule has 8 nitrogen and oxygen atoms in total. The van der Waals surface area contributed by atoms with Crippen molar-refractivity contribution in [2.75, 3.05) is 13.6 Å². The Morgan fingerprint density at radius 2 is 2.00 bits per heavy atom. The fourth-order valence-electron chi connectivity index (χ4n) is 6.88. The third-order valence-corrected chi connectivity index (χ3v) is 9.14. The molecule has 0 bridgehead atoms. The Balaban J connectivity index is 1.48. The first kappa shape index (κ1) is 25.2. The summed E-state index contributed by atoms with van der Waals surface area (Å²) in [6.45, 7) is 6.05. The van der Waals surface area contributed by atoms with E-state index in [2.05, 4.69) is 4.90 Å². The highest BCUT2D eigenvalue weighted by atomic mass is 16.6. The number of aliphatic hydroxyl groups is 2. The van der Waals surface area contributed by atoms with Crippen molar-refractivity contribution in [3.05, 3.63) is 40.7 Å². The Hall–Kier alpha value is -2.42. The van der Waals surface area contributed by atoms with E-state index >= 15 is 0 Å². The molecule has 2 N–H and O–H groups in total. The second kappa shape index (κ2) is 9.15. The second-order valence-electron chi connectivity index (χ2n) is 11.0. The molecule has 1 aromatic rings. The van der Waals surface area contributed by atoms with Gasteiger partial charge in [0.1, 0.15) is 11.5 Å². The van der Waals surface area contributed by atoms with Crippen molar-refractivity contribution in [1.82, 2.24) is 4.90 Å². The van der Waals surface area contributed by atoms with Gasteiger partial charge in [-0.05, 0) is 65.3 Å². The maximum absolute atomic E-state index is 13.1. The van der Waals surface area contributed by atoms with Crippen LogP contribution in [0.1, 0.15) is 69.1 Å². The Labute approximate surface area is 212 Å². The van der Waals surface area contributed by atoms with E-state index in [0.717, 1.165) is 43.4 Å². The third kappa shape index (κ3) is 3.60. The molecule has 8 heteroatoms. The van der Waals surface area contributed by atoms with E-state index < -0.39 is 29.2 Å². The van der Waals surface area contributed by atoms with Crippen LogP contribution in [-0.2, 0) is 31.1 Å². The number of carbonyl (C=O) groups excluding carboxylic acids is 2. The lowest BCUT2D eigenvalue weighted by atomic mass is 9.54. The molecular weight excluding hydrogens is 462 g/mol. The maximum Gasteiger partial charge on any atom is 0.352 e. The van der Waals surface area contributed by atoms with E-state index in [-0.39, 0.29) is 31.0 Å². The topological polar surface area (TPSA) is 106 Å². The highest BCUT2D eigenvalue weighted by Crippen LogP contribution is 2.61. The van der Waals surface area contributed by atoms with Crippen molar-refractivity contribution >= 4 is 11.9 Å². The molecule has 1 spiro atoms. The number of aryl methyl sites for hydroxylation is 1. The van der Waals surface area contributed by atoms with E-state index in [1.54, 1.807) is 6.08 Å². The lowest BCUT2D eigenvalue weighted by Crippen LogP contribution is -2.71. The summed E-state index contributed by atoms with van der Waals surface area (Å²) in [6, 6.07) is 3.60. The van der Waals surface area contributed by atoms with Gasteiger partial charge in [0.15, 0.2) is 12.2 Å². The van der Waals surface area contributed by atoms with Crippen molar-refractivity contribution in [2.24, 2.45) is 5.92 Å². The van der Waals surface area contributed by atoms with Crippen LogP contribution in [0.3, 0.4) is 0 Å². The van der Waals surface area contributed by atoms with Gasteiger partial charge in [0.2, 0.25) is 0 Å². The van der Waals surface area contributed by atoms with Gasteiger partial charge in [-0.2, -0.15) is 0 Å². The van der Waals surface area contributed by atoms with E-state index in [1.165, 1.54) is 6.92 Å². The molecular formula is C28H37NO7. The molecule has 0 amide bonds. The monoisotopic (exact) mass is 499 g/mol. The summed E-state index contributed by atoms with van der Waals surface area (Å²) in [5.41, 5.74) is 0.455.